The number of rotatable bonds is 10. The second-order valence-corrected chi connectivity index (χ2v) is 14.4. The van der Waals surface area contributed by atoms with Crippen LogP contribution in [0.4, 0.5) is 22.0 Å². The smallest absolute Gasteiger partial charge is 0.257 e. The van der Waals surface area contributed by atoms with Crippen molar-refractivity contribution in [3.63, 3.8) is 0 Å². The molecule has 0 saturated carbocycles. The van der Waals surface area contributed by atoms with Gasteiger partial charge in [0.05, 0.1) is 29.0 Å². The van der Waals surface area contributed by atoms with Crippen molar-refractivity contribution in [3.8, 4) is 11.1 Å². The number of amides is 1. The van der Waals surface area contributed by atoms with Crippen LogP contribution in [-0.2, 0) is 22.6 Å². The van der Waals surface area contributed by atoms with Gasteiger partial charge in [-0.15, -0.1) is 11.3 Å². The molecule has 52 heavy (non-hydrogen) atoms. The number of carbonyl (C=O) groups is 1. The number of hydrogen-bond donors (Lipinski definition) is 2. The van der Waals surface area contributed by atoms with Crippen LogP contribution in [0.5, 0.6) is 0 Å². The number of aliphatic hydroxyl groups is 1. The molecule has 0 radical (unpaired) electrons. The number of carbonyl (C=O) groups excluding carboxylic acids is 1. The third-order valence-corrected chi connectivity index (χ3v) is 10.9. The summed E-state index contributed by atoms with van der Waals surface area (Å²) in [6, 6.07) is 30.1. The molecule has 7 rings (SSSR count). The lowest BCUT2D eigenvalue weighted by Crippen LogP contribution is -2.31. The van der Waals surface area contributed by atoms with Gasteiger partial charge in [0.15, 0.2) is 33.9 Å². The molecule has 2 N–H and O–H groups in total. The van der Waals surface area contributed by atoms with Crippen molar-refractivity contribution in [3.05, 3.63) is 154 Å². The zero-order valence-corrected chi connectivity index (χ0v) is 28.8. The van der Waals surface area contributed by atoms with Gasteiger partial charge in [-0.2, -0.15) is 0 Å². The van der Waals surface area contributed by atoms with Crippen LogP contribution >= 0.6 is 23.1 Å². The highest BCUT2D eigenvalue weighted by atomic mass is 32.2. The first-order valence-corrected chi connectivity index (χ1v) is 18.0. The third kappa shape index (κ3) is 7.59. The zero-order chi connectivity index (χ0) is 36.4. The summed E-state index contributed by atoms with van der Waals surface area (Å²) in [5.41, 5.74) is 3.95. The number of aromatic nitrogens is 1. The number of nitrogens with zero attached hydrogens (tertiary/aromatic N) is 1. The van der Waals surface area contributed by atoms with Crippen LogP contribution in [0.25, 0.3) is 21.3 Å². The van der Waals surface area contributed by atoms with Crippen molar-refractivity contribution >= 4 is 39.2 Å². The number of benzene rings is 5. The Hall–Kier alpha value is -4.66. The van der Waals surface area contributed by atoms with E-state index in [0.717, 1.165) is 42.4 Å². The Morgan fingerprint density at radius 2 is 1.48 bits per heavy atom. The molecule has 3 atom stereocenters. The lowest BCUT2D eigenvalue weighted by atomic mass is 9.99. The molecule has 1 saturated heterocycles. The van der Waals surface area contributed by atoms with E-state index in [1.807, 2.05) is 78.9 Å². The first kappa shape index (κ1) is 35.7. The van der Waals surface area contributed by atoms with Crippen LogP contribution in [0.3, 0.4) is 0 Å². The van der Waals surface area contributed by atoms with Gasteiger partial charge < -0.3 is 19.9 Å². The molecule has 0 spiro atoms. The van der Waals surface area contributed by atoms with Crippen LogP contribution in [0.15, 0.2) is 101 Å². The normalized spacial score (nSPS) is 17.4. The first-order chi connectivity index (χ1) is 25.2. The molecule has 6 aromatic rings. The Balaban J connectivity index is 1.09. The zero-order valence-electron chi connectivity index (χ0n) is 27.1. The average Bonchev–Trinajstić information content (AvgIpc) is 3.61. The summed E-state index contributed by atoms with van der Waals surface area (Å²) >= 11 is 3.26. The monoisotopic (exact) mass is 748 g/mol. The number of hydrogen-bond acceptors (Lipinski definition) is 7. The van der Waals surface area contributed by atoms with Crippen LogP contribution in [0.2, 0.25) is 0 Å². The largest absolute Gasteiger partial charge is 0.392 e. The Morgan fingerprint density at radius 1 is 0.788 bits per heavy atom. The van der Waals surface area contributed by atoms with E-state index in [4.69, 9.17) is 14.5 Å². The minimum absolute atomic E-state index is 0.0648. The molecule has 1 amide bonds. The Kier molecular flexibility index (Phi) is 10.7. The van der Waals surface area contributed by atoms with Gasteiger partial charge in [0.2, 0.25) is 5.82 Å². The van der Waals surface area contributed by atoms with E-state index in [1.54, 1.807) is 41.3 Å². The van der Waals surface area contributed by atoms with Crippen LogP contribution in [0.1, 0.15) is 51.4 Å². The lowest BCUT2D eigenvalue weighted by Gasteiger charge is -2.36. The summed E-state index contributed by atoms with van der Waals surface area (Å²) in [5.74, 6) is -11.9. The number of thiazole rings is 1. The van der Waals surface area contributed by atoms with Gasteiger partial charge in [0.1, 0.15) is 5.56 Å². The molecule has 1 aliphatic rings. The molecule has 2 heterocycles. The maximum absolute atomic E-state index is 14.2. The Bertz CT molecular complexity index is 2190. The summed E-state index contributed by atoms with van der Waals surface area (Å²) in [6.45, 7) is -0.309. The lowest BCUT2D eigenvalue weighted by molar-refractivity contribution is -0.245. The number of nitrogens with one attached hydrogen (secondary N) is 1. The predicted octanol–water partition coefficient (Wildman–Crippen LogP) is 9.42. The molecule has 5 aromatic carbocycles. The maximum Gasteiger partial charge on any atom is 0.257 e. The molecule has 1 fully saturated rings. The number of thioether (sulfide) groups is 1. The summed E-state index contributed by atoms with van der Waals surface area (Å²) in [5, 5.41) is 11.8. The number of aliphatic hydroxyl groups excluding tert-OH is 1. The Morgan fingerprint density at radius 3 is 2.21 bits per heavy atom. The fraction of sp³-hybridized carbons (Fsp3) is 0.179. The predicted molar refractivity (Wildman–Crippen MR) is 188 cm³/mol. The fourth-order valence-electron chi connectivity index (χ4n) is 5.90. The number of para-hydroxylation sites is 1. The summed E-state index contributed by atoms with van der Waals surface area (Å²) in [4.78, 5) is 17.3. The van der Waals surface area contributed by atoms with Gasteiger partial charge in [-0.1, -0.05) is 84.6 Å². The van der Waals surface area contributed by atoms with Gasteiger partial charge >= 0.3 is 0 Å². The van der Waals surface area contributed by atoms with E-state index in [9.17, 15) is 31.9 Å². The molecule has 266 valence electrons. The van der Waals surface area contributed by atoms with E-state index in [1.165, 1.54) is 0 Å². The average molecular weight is 749 g/mol. The molecular weight excluding hydrogens is 720 g/mol. The van der Waals surface area contributed by atoms with Crippen molar-refractivity contribution in [2.45, 2.75) is 42.4 Å². The van der Waals surface area contributed by atoms with Gasteiger partial charge in [-0.05, 0) is 52.1 Å². The molecule has 1 aromatic heterocycles. The second-order valence-electron chi connectivity index (χ2n) is 12.1. The molecule has 1 aliphatic heterocycles. The molecular formula is C39H29F5N2O4S2. The topological polar surface area (TPSA) is 80.7 Å². The maximum atomic E-state index is 14.2. The van der Waals surface area contributed by atoms with Crippen LogP contribution in [0, 0.1) is 29.1 Å². The SMILES string of the molecule is O=C(NCc1cccc(-c2cccc([C@@H]3O[C@H](CSc4nc5ccccc5s4)C[C@H](c4ccc(CO)cc4)O3)c2)c1)c1c(F)c(F)c(F)c(F)c1F. The summed E-state index contributed by atoms with van der Waals surface area (Å²) < 4.78 is 84.3. The summed E-state index contributed by atoms with van der Waals surface area (Å²) in [7, 11) is 0. The van der Waals surface area contributed by atoms with E-state index in [2.05, 4.69) is 5.32 Å². The quantitative estimate of drug-likeness (QED) is 0.0629. The molecule has 13 heteroatoms. The van der Waals surface area contributed by atoms with Crippen molar-refractivity contribution in [1.29, 1.82) is 0 Å². The van der Waals surface area contributed by atoms with Crippen LogP contribution in [-0.4, -0.2) is 27.9 Å². The molecule has 0 bridgehead atoms. The van der Waals surface area contributed by atoms with E-state index < -0.39 is 46.8 Å². The number of halogens is 5. The molecule has 0 unspecified atom stereocenters. The summed E-state index contributed by atoms with van der Waals surface area (Å²) in [6.07, 6.45) is -0.598. The van der Waals surface area contributed by atoms with Gasteiger partial charge in [-0.25, -0.2) is 26.9 Å². The highest BCUT2D eigenvalue weighted by Crippen LogP contribution is 2.41. The second kappa shape index (κ2) is 15.5. The first-order valence-electron chi connectivity index (χ1n) is 16.2. The molecule has 6 nitrogen and oxygen atoms in total. The third-order valence-electron chi connectivity index (χ3n) is 8.59. The van der Waals surface area contributed by atoms with Gasteiger partial charge in [-0.3, -0.25) is 4.79 Å². The van der Waals surface area contributed by atoms with Crippen molar-refractivity contribution in [1.82, 2.24) is 10.3 Å². The van der Waals surface area contributed by atoms with E-state index in [0.29, 0.717) is 17.7 Å². The highest BCUT2D eigenvalue weighted by molar-refractivity contribution is 8.01. The fourth-order valence-corrected chi connectivity index (χ4v) is 8.01. The van der Waals surface area contributed by atoms with Gasteiger partial charge in [0.25, 0.3) is 5.91 Å². The number of fused-ring (bicyclic) bond motifs is 1. The Labute approximate surface area is 303 Å². The van der Waals surface area contributed by atoms with Gasteiger partial charge in [0, 0.05) is 24.3 Å². The van der Waals surface area contributed by atoms with Crippen molar-refractivity contribution < 1.29 is 41.3 Å². The van der Waals surface area contributed by atoms with Crippen LogP contribution < -0.4 is 5.32 Å². The minimum Gasteiger partial charge on any atom is -0.392 e. The number of ether oxygens (including phenoxy) is 2. The highest BCUT2D eigenvalue weighted by Gasteiger charge is 2.33. The van der Waals surface area contributed by atoms with Crippen molar-refractivity contribution in [2.24, 2.45) is 0 Å². The van der Waals surface area contributed by atoms with Crippen molar-refractivity contribution in [2.75, 3.05) is 5.75 Å². The van der Waals surface area contributed by atoms with E-state index >= 15 is 0 Å². The molecule has 0 aliphatic carbocycles. The standard InChI is InChI=1S/C39H29F5N2O4S2/c40-32-31(33(41)35(43)36(44)34(32)42)37(48)45-18-22-5-3-6-24(15-22)25-7-4-8-26(16-25)38-49-27(17-29(50-38)23-13-11-21(19-47)12-14-23)20-51-39-46-28-9-1-2-10-30(28)52-39/h1-16,27,29,38,47H,17-20H2,(H,45,48)/t27-,29+,38+/m0/s1. The van der Waals surface area contributed by atoms with E-state index in [-0.39, 0.29) is 25.4 Å². The minimum atomic E-state index is -2.34.